The van der Waals surface area contributed by atoms with E-state index in [9.17, 15) is 14.9 Å². The number of hydrogen-bond donors (Lipinski definition) is 1. The Kier molecular flexibility index (Phi) is 4.17. The first-order valence-corrected chi connectivity index (χ1v) is 7.77. The number of aromatic nitrogens is 1. The molecule has 0 spiro atoms. The molecule has 1 amide bonds. The molecule has 0 saturated heterocycles. The minimum Gasteiger partial charge on any atom is -0.451 e. The van der Waals surface area contributed by atoms with Crippen LogP contribution in [0.2, 0.25) is 0 Å². The molecule has 1 atom stereocenters. The highest BCUT2D eigenvalue weighted by molar-refractivity contribution is 5.92. The van der Waals surface area contributed by atoms with E-state index in [-0.39, 0.29) is 11.6 Å². The number of nitriles is 1. The molecule has 1 aliphatic rings. The van der Waals surface area contributed by atoms with Gasteiger partial charge in [0.1, 0.15) is 11.2 Å². The van der Waals surface area contributed by atoms with E-state index in [0.717, 1.165) is 18.2 Å². The van der Waals surface area contributed by atoms with Crippen molar-refractivity contribution in [3.63, 3.8) is 0 Å². The third kappa shape index (κ3) is 3.35. The first kappa shape index (κ1) is 15.9. The SMILES string of the molecule is C[C@@](C#N)(NC(=O)COC(=O)c1ccc2ccccc2n1)C1CC1. The van der Waals surface area contributed by atoms with Crippen LogP contribution in [-0.4, -0.2) is 29.0 Å². The van der Waals surface area contributed by atoms with Crippen molar-refractivity contribution in [2.45, 2.75) is 25.3 Å². The second-order valence-electron chi connectivity index (χ2n) is 6.10. The van der Waals surface area contributed by atoms with Crippen molar-refractivity contribution in [1.29, 1.82) is 5.26 Å². The average Bonchev–Trinajstić information content (AvgIpc) is 3.44. The van der Waals surface area contributed by atoms with E-state index in [1.807, 2.05) is 18.2 Å². The molecule has 3 rings (SSSR count). The minimum absolute atomic E-state index is 0.145. The Bertz CT molecular complexity index is 839. The minimum atomic E-state index is -0.898. The number of carbonyl (C=O) groups excluding carboxylic acids is 2. The summed E-state index contributed by atoms with van der Waals surface area (Å²) in [7, 11) is 0. The van der Waals surface area contributed by atoms with Gasteiger partial charge in [0.05, 0.1) is 11.6 Å². The molecule has 24 heavy (non-hydrogen) atoms. The van der Waals surface area contributed by atoms with E-state index >= 15 is 0 Å². The average molecular weight is 323 g/mol. The number of pyridine rings is 1. The van der Waals surface area contributed by atoms with Crippen molar-refractivity contribution in [3.05, 3.63) is 42.1 Å². The van der Waals surface area contributed by atoms with Gasteiger partial charge in [-0.25, -0.2) is 9.78 Å². The quantitative estimate of drug-likeness (QED) is 0.852. The molecule has 1 aromatic carbocycles. The molecule has 0 aliphatic heterocycles. The summed E-state index contributed by atoms with van der Waals surface area (Å²) < 4.78 is 5.01. The van der Waals surface area contributed by atoms with E-state index in [2.05, 4.69) is 16.4 Å². The Morgan fingerprint density at radius 3 is 2.79 bits per heavy atom. The highest BCUT2D eigenvalue weighted by atomic mass is 16.5. The lowest BCUT2D eigenvalue weighted by Crippen LogP contribution is -2.48. The molecule has 0 radical (unpaired) electrons. The van der Waals surface area contributed by atoms with Crippen molar-refractivity contribution in [2.75, 3.05) is 6.61 Å². The Hall–Kier alpha value is -2.94. The fourth-order valence-electron chi connectivity index (χ4n) is 2.59. The maximum Gasteiger partial charge on any atom is 0.357 e. The topological polar surface area (TPSA) is 92.1 Å². The lowest BCUT2D eigenvalue weighted by Gasteiger charge is -2.22. The maximum absolute atomic E-state index is 12.0. The van der Waals surface area contributed by atoms with Gasteiger partial charge in [0.15, 0.2) is 6.61 Å². The van der Waals surface area contributed by atoms with Gasteiger partial charge in [-0.05, 0) is 37.8 Å². The van der Waals surface area contributed by atoms with E-state index in [0.29, 0.717) is 5.52 Å². The summed E-state index contributed by atoms with van der Waals surface area (Å²) >= 11 is 0. The molecule has 2 aromatic rings. The molecule has 122 valence electrons. The van der Waals surface area contributed by atoms with Gasteiger partial charge in [-0.3, -0.25) is 4.79 Å². The fraction of sp³-hybridized carbons (Fsp3) is 0.333. The molecule has 1 fully saturated rings. The Balaban J connectivity index is 1.60. The van der Waals surface area contributed by atoms with E-state index < -0.39 is 24.0 Å². The number of nitrogens with one attached hydrogen (secondary N) is 1. The summed E-state index contributed by atoms with van der Waals surface area (Å²) in [4.78, 5) is 28.2. The van der Waals surface area contributed by atoms with Crippen LogP contribution in [-0.2, 0) is 9.53 Å². The molecule has 1 aliphatic carbocycles. The highest BCUT2D eigenvalue weighted by Crippen LogP contribution is 2.39. The van der Waals surface area contributed by atoms with Crippen LogP contribution < -0.4 is 5.32 Å². The number of para-hydroxylation sites is 1. The number of ether oxygens (including phenoxy) is 1. The Morgan fingerprint density at radius 1 is 1.33 bits per heavy atom. The molecular formula is C18H17N3O3. The number of esters is 1. The van der Waals surface area contributed by atoms with Gasteiger partial charge < -0.3 is 10.1 Å². The molecule has 1 heterocycles. The molecule has 0 unspecified atom stereocenters. The van der Waals surface area contributed by atoms with E-state index in [1.54, 1.807) is 25.1 Å². The number of carbonyl (C=O) groups is 2. The molecule has 6 nitrogen and oxygen atoms in total. The third-order valence-corrected chi connectivity index (χ3v) is 4.17. The number of benzene rings is 1. The number of rotatable bonds is 5. The number of amides is 1. The van der Waals surface area contributed by atoms with Gasteiger partial charge in [0.25, 0.3) is 5.91 Å². The van der Waals surface area contributed by atoms with Gasteiger partial charge in [-0.1, -0.05) is 24.3 Å². The molecule has 0 bridgehead atoms. The van der Waals surface area contributed by atoms with Crippen LogP contribution in [0.1, 0.15) is 30.3 Å². The van der Waals surface area contributed by atoms with Crippen molar-refractivity contribution in [2.24, 2.45) is 5.92 Å². The van der Waals surface area contributed by atoms with Gasteiger partial charge in [-0.2, -0.15) is 5.26 Å². The zero-order chi connectivity index (χ0) is 17.2. The zero-order valence-electron chi connectivity index (χ0n) is 13.3. The first-order chi connectivity index (χ1) is 11.5. The zero-order valence-corrected chi connectivity index (χ0v) is 13.3. The van der Waals surface area contributed by atoms with Gasteiger partial charge in [-0.15, -0.1) is 0 Å². The van der Waals surface area contributed by atoms with Crippen LogP contribution in [0.4, 0.5) is 0 Å². The third-order valence-electron chi connectivity index (χ3n) is 4.17. The summed E-state index contributed by atoms with van der Waals surface area (Å²) in [6.07, 6.45) is 1.84. The van der Waals surface area contributed by atoms with Crippen LogP contribution in [0.5, 0.6) is 0 Å². The lowest BCUT2D eigenvalue weighted by atomic mass is 9.98. The standard InChI is InChI=1S/C18H17N3O3/c1-18(11-19,13-7-8-13)21-16(22)10-24-17(23)15-9-6-12-4-2-3-5-14(12)20-15/h2-6,9,13H,7-8,10H2,1H3,(H,21,22)/t18-/m0/s1. The van der Waals surface area contributed by atoms with Crippen molar-refractivity contribution in [3.8, 4) is 6.07 Å². The Morgan fingerprint density at radius 2 is 2.08 bits per heavy atom. The van der Waals surface area contributed by atoms with Crippen LogP contribution in [0, 0.1) is 17.2 Å². The lowest BCUT2D eigenvalue weighted by molar-refractivity contribution is -0.125. The van der Waals surface area contributed by atoms with Gasteiger partial charge in [0.2, 0.25) is 0 Å². The maximum atomic E-state index is 12.0. The normalized spacial score (nSPS) is 16.0. The van der Waals surface area contributed by atoms with Crippen LogP contribution >= 0.6 is 0 Å². The molecule has 1 saturated carbocycles. The number of hydrogen-bond acceptors (Lipinski definition) is 5. The summed E-state index contributed by atoms with van der Waals surface area (Å²) in [6.45, 7) is 1.26. The Labute approximate surface area is 139 Å². The summed E-state index contributed by atoms with van der Waals surface area (Å²) in [6, 6.07) is 12.9. The summed E-state index contributed by atoms with van der Waals surface area (Å²) in [5.74, 6) is -0.981. The van der Waals surface area contributed by atoms with Crippen LogP contribution in [0.25, 0.3) is 10.9 Å². The molecular weight excluding hydrogens is 306 g/mol. The second-order valence-corrected chi connectivity index (χ2v) is 6.10. The smallest absolute Gasteiger partial charge is 0.357 e. The molecule has 1 N–H and O–H groups in total. The highest BCUT2D eigenvalue weighted by Gasteiger charge is 2.43. The van der Waals surface area contributed by atoms with Crippen molar-refractivity contribution in [1.82, 2.24) is 10.3 Å². The fourth-order valence-corrected chi connectivity index (χ4v) is 2.59. The van der Waals surface area contributed by atoms with Crippen molar-refractivity contribution >= 4 is 22.8 Å². The van der Waals surface area contributed by atoms with Crippen molar-refractivity contribution < 1.29 is 14.3 Å². The largest absolute Gasteiger partial charge is 0.451 e. The van der Waals surface area contributed by atoms with Gasteiger partial charge >= 0.3 is 5.97 Å². The predicted octanol–water partition coefficient (Wildman–Crippen LogP) is 2.20. The number of nitrogens with zero attached hydrogens (tertiary/aromatic N) is 2. The first-order valence-electron chi connectivity index (χ1n) is 7.77. The molecule has 6 heteroatoms. The summed E-state index contributed by atoms with van der Waals surface area (Å²) in [5.41, 5.74) is -0.0704. The number of fused-ring (bicyclic) bond motifs is 1. The van der Waals surface area contributed by atoms with E-state index in [4.69, 9.17) is 4.74 Å². The second kappa shape index (κ2) is 6.28. The molecule has 1 aromatic heterocycles. The monoisotopic (exact) mass is 323 g/mol. The van der Waals surface area contributed by atoms with Crippen LogP contribution in [0.15, 0.2) is 36.4 Å². The van der Waals surface area contributed by atoms with Gasteiger partial charge in [0, 0.05) is 5.39 Å². The summed E-state index contributed by atoms with van der Waals surface area (Å²) in [5, 5.41) is 12.8. The predicted molar refractivity (Wildman–Crippen MR) is 86.9 cm³/mol. The van der Waals surface area contributed by atoms with E-state index in [1.165, 1.54) is 0 Å². The van der Waals surface area contributed by atoms with Crippen LogP contribution in [0.3, 0.4) is 0 Å².